The van der Waals surface area contributed by atoms with Gasteiger partial charge in [-0.15, -0.1) is 0 Å². The van der Waals surface area contributed by atoms with Crippen LogP contribution in [-0.4, -0.2) is 26.0 Å². The van der Waals surface area contributed by atoms with Gasteiger partial charge in [0.1, 0.15) is 23.1 Å². The molecule has 3 heterocycles. The zero-order valence-corrected chi connectivity index (χ0v) is 14.9. The molecule has 1 N–H and O–H groups in total. The van der Waals surface area contributed by atoms with Crippen LogP contribution in [0, 0.1) is 18.6 Å². The van der Waals surface area contributed by atoms with E-state index in [9.17, 15) is 17.6 Å². The molecule has 4 aromatic rings. The van der Waals surface area contributed by atoms with Crippen LogP contribution in [0.15, 0.2) is 48.9 Å². The summed E-state index contributed by atoms with van der Waals surface area (Å²) in [6.07, 6.45) is 4.02. The number of hydrogen-bond acceptors (Lipinski definition) is 5. The van der Waals surface area contributed by atoms with Gasteiger partial charge in [0.05, 0.1) is 23.8 Å². The molecule has 4 rings (SSSR count). The Morgan fingerprint density at radius 1 is 1.07 bits per heavy atom. The van der Waals surface area contributed by atoms with Crippen molar-refractivity contribution in [3.05, 3.63) is 66.3 Å². The first-order valence-corrected chi connectivity index (χ1v) is 8.39. The molecule has 0 fully saturated rings. The summed E-state index contributed by atoms with van der Waals surface area (Å²) in [5, 5.41) is 2.98. The van der Waals surface area contributed by atoms with E-state index >= 15 is 0 Å². The van der Waals surface area contributed by atoms with E-state index in [1.54, 1.807) is 6.92 Å². The number of imidazole rings is 1. The van der Waals surface area contributed by atoms with E-state index in [-0.39, 0.29) is 11.4 Å². The van der Waals surface area contributed by atoms with Crippen LogP contribution in [0.1, 0.15) is 5.69 Å². The number of alkyl halides is 2. The maximum atomic E-state index is 14.0. The standard InChI is InChI=1S/C19H13F4N5O/c1-10-17(28-9-11(20)6-14(21)18(28)25-10)15-7-24-8-16(27-15)26-12-2-4-13(5-3-12)29-19(22)23/h2-9,19H,1H3,(H,26,27). The van der Waals surface area contributed by atoms with E-state index in [0.29, 0.717) is 28.6 Å². The first-order valence-electron chi connectivity index (χ1n) is 8.39. The zero-order chi connectivity index (χ0) is 20.5. The Hall–Kier alpha value is -3.69. The fourth-order valence-corrected chi connectivity index (χ4v) is 2.90. The quantitative estimate of drug-likeness (QED) is 0.489. The summed E-state index contributed by atoms with van der Waals surface area (Å²) in [7, 11) is 0. The van der Waals surface area contributed by atoms with Crippen LogP contribution in [-0.2, 0) is 0 Å². The molecule has 0 aliphatic heterocycles. The number of anilines is 2. The van der Waals surface area contributed by atoms with Gasteiger partial charge in [0.2, 0.25) is 0 Å². The third kappa shape index (κ3) is 3.82. The third-order valence-electron chi connectivity index (χ3n) is 4.05. The second-order valence-corrected chi connectivity index (χ2v) is 6.06. The molecule has 1 aromatic carbocycles. The summed E-state index contributed by atoms with van der Waals surface area (Å²) < 4.78 is 57.7. The van der Waals surface area contributed by atoms with Crippen molar-refractivity contribution >= 4 is 17.2 Å². The lowest BCUT2D eigenvalue weighted by atomic mass is 10.2. The van der Waals surface area contributed by atoms with E-state index < -0.39 is 18.2 Å². The lowest BCUT2D eigenvalue weighted by molar-refractivity contribution is -0.0498. The van der Waals surface area contributed by atoms with E-state index in [2.05, 4.69) is 25.0 Å². The number of ether oxygens (including phenoxy) is 1. The van der Waals surface area contributed by atoms with Gasteiger partial charge in [-0.3, -0.25) is 9.38 Å². The second-order valence-electron chi connectivity index (χ2n) is 6.06. The molecule has 0 aliphatic carbocycles. The van der Waals surface area contributed by atoms with Crippen LogP contribution in [0.4, 0.5) is 29.1 Å². The van der Waals surface area contributed by atoms with Crippen molar-refractivity contribution in [3.8, 4) is 17.1 Å². The number of nitrogens with zero attached hydrogens (tertiary/aromatic N) is 4. The highest BCUT2D eigenvalue weighted by Gasteiger charge is 2.17. The second kappa shape index (κ2) is 7.38. The summed E-state index contributed by atoms with van der Waals surface area (Å²) >= 11 is 0. The SMILES string of the molecule is Cc1nc2c(F)cc(F)cn2c1-c1cncc(Nc2ccc(OC(F)F)cc2)n1. The lowest BCUT2D eigenvalue weighted by Crippen LogP contribution is -2.02. The van der Waals surface area contributed by atoms with Crippen molar-refractivity contribution in [1.29, 1.82) is 0 Å². The van der Waals surface area contributed by atoms with Crippen molar-refractivity contribution in [1.82, 2.24) is 19.4 Å². The highest BCUT2D eigenvalue weighted by atomic mass is 19.3. The summed E-state index contributed by atoms with van der Waals surface area (Å²) in [5.74, 6) is -1.17. The van der Waals surface area contributed by atoms with Crippen molar-refractivity contribution in [2.24, 2.45) is 0 Å². The molecule has 10 heteroatoms. The molecule has 0 unspecified atom stereocenters. The molecule has 0 radical (unpaired) electrons. The van der Waals surface area contributed by atoms with Gasteiger partial charge in [0.25, 0.3) is 0 Å². The highest BCUT2D eigenvalue weighted by molar-refractivity contribution is 5.66. The molecule has 0 saturated carbocycles. The summed E-state index contributed by atoms with van der Waals surface area (Å²) in [6, 6.07) is 6.60. The smallest absolute Gasteiger partial charge is 0.387 e. The molecule has 6 nitrogen and oxygen atoms in total. The van der Waals surface area contributed by atoms with Gasteiger partial charge in [-0.2, -0.15) is 8.78 Å². The Balaban J connectivity index is 1.66. The van der Waals surface area contributed by atoms with Gasteiger partial charge in [-0.1, -0.05) is 0 Å². The van der Waals surface area contributed by atoms with Crippen molar-refractivity contribution in [3.63, 3.8) is 0 Å². The number of benzene rings is 1. The van der Waals surface area contributed by atoms with Gasteiger partial charge < -0.3 is 10.1 Å². The normalized spacial score (nSPS) is 11.2. The van der Waals surface area contributed by atoms with E-state index in [4.69, 9.17) is 0 Å². The Bertz CT molecular complexity index is 1180. The summed E-state index contributed by atoms with van der Waals surface area (Å²) in [4.78, 5) is 12.7. The largest absolute Gasteiger partial charge is 0.435 e. The fraction of sp³-hybridized carbons (Fsp3) is 0.105. The Morgan fingerprint density at radius 3 is 2.55 bits per heavy atom. The Labute approximate surface area is 161 Å². The van der Waals surface area contributed by atoms with E-state index in [0.717, 1.165) is 12.3 Å². The number of aryl methyl sites for hydroxylation is 1. The molecule has 0 bridgehead atoms. The van der Waals surface area contributed by atoms with Crippen LogP contribution in [0.25, 0.3) is 17.0 Å². The average molecular weight is 403 g/mol. The van der Waals surface area contributed by atoms with Crippen molar-refractivity contribution < 1.29 is 22.3 Å². The maximum absolute atomic E-state index is 14.0. The minimum atomic E-state index is -2.90. The van der Waals surface area contributed by atoms with Crippen LogP contribution < -0.4 is 10.1 Å². The topological polar surface area (TPSA) is 64.3 Å². The minimum Gasteiger partial charge on any atom is -0.435 e. The predicted molar refractivity (Wildman–Crippen MR) is 97.2 cm³/mol. The number of fused-ring (bicyclic) bond motifs is 1. The lowest BCUT2D eigenvalue weighted by Gasteiger charge is -2.09. The Kier molecular flexibility index (Phi) is 4.75. The number of pyridine rings is 1. The minimum absolute atomic E-state index is 0.0197. The molecular weight excluding hydrogens is 390 g/mol. The zero-order valence-electron chi connectivity index (χ0n) is 14.9. The Morgan fingerprint density at radius 2 is 1.83 bits per heavy atom. The van der Waals surface area contributed by atoms with Crippen molar-refractivity contribution in [2.45, 2.75) is 13.5 Å². The van der Waals surface area contributed by atoms with Gasteiger partial charge in [0, 0.05) is 18.0 Å². The molecule has 0 saturated heterocycles. The monoisotopic (exact) mass is 403 g/mol. The van der Waals surface area contributed by atoms with Gasteiger partial charge >= 0.3 is 6.61 Å². The predicted octanol–water partition coefficient (Wildman–Crippen LogP) is 4.72. The van der Waals surface area contributed by atoms with Gasteiger partial charge in [-0.05, 0) is 31.2 Å². The number of rotatable bonds is 5. The molecule has 0 aliphatic rings. The molecule has 0 atom stereocenters. The van der Waals surface area contributed by atoms with Crippen molar-refractivity contribution in [2.75, 3.05) is 5.32 Å². The number of hydrogen-bond donors (Lipinski definition) is 1. The third-order valence-corrected chi connectivity index (χ3v) is 4.05. The van der Waals surface area contributed by atoms with Gasteiger partial charge in [0.15, 0.2) is 11.5 Å². The van der Waals surface area contributed by atoms with Crippen LogP contribution in [0.5, 0.6) is 5.75 Å². The van der Waals surface area contributed by atoms with E-state index in [1.165, 1.54) is 41.1 Å². The highest BCUT2D eigenvalue weighted by Crippen LogP contribution is 2.26. The van der Waals surface area contributed by atoms with E-state index in [1.807, 2.05) is 0 Å². The van der Waals surface area contributed by atoms with Crippen LogP contribution in [0.2, 0.25) is 0 Å². The molecule has 3 aromatic heterocycles. The number of aromatic nitrogens is 4. The van der Waals surface area contributed by atoms with Crippen LogP contribution >= 0.6 is 0 Å². The first-order chi connectivity index (χ1) is 13.9. The molecule has 148 valence electrons. The maximum Gasteiger partial charge on any atom is 0.387 e. The fourth-order valence-electron chi connectivity index (χ4n) is 2.90. The molecule has 29 heavy (non-hydrogen) atoms. The summed E-state index contributed by atoms with van der Waals surface area (Å²) in [6.45, 7) is -1.25. The average Bonchev–Trinajstić information content (AvgIpc) is 2.99. The number of nitrogens with one attached hydrogen (secondary N) is 1. The van der Waals surface area contributed by atoms with Crippen LogP contribution in [0.3, 0.4) is 0 Å². The molecule has 0 spiro atoms. The number of halogens is 4. The molecule has 0 amide bonds. The van der Waals surface area contributed by atoms with Gasteiger partial charge in [-0.25, -0.2) is 18.7 Å². The summed E-state index contributed by atoms with van der Waals surface area (Å²) in [5.41, 5.74) is 1.74. The molecular formula is C19H13F4N5O. The first kappa shape index (κ1) is 18.7.